The maximum atomic E-state index is 13.2. The van der Waals surface area contributed by atoms with Crippen LogP contribution in [0.5, 0.6) is 0 Å². The highest BCUT2D eigenvalue weighted by atomic mass is 35.5. The number of benzene rings is 1. The van der Waals surface area contributed by atoms with Crippen LogP contribution in [-0.4, -0.2) is 6.54 Å². The molecule has 1 rings (SSSR count). The first-order valence-corrected chi connectivity index (χ1v) is 4.43. The fourth-order valence-corrected chi connectivity index (χ4v) is 1.31. The highest BCUT2D eigenvalue weighted by Crippen LogP contribution is 2.21. The lowest BCUT2D eigenvalue weighted by Crippen LogP contribution is -2.16. The van der Waals surface area contributed by atoms with Gasteiger partial charge in [-0.1, -0.05) is 11.6 Å². The van der Waals surface area contributed by atoms with Gasteiger partial charge in [-0.2, -0.15) is 0 Å². The van der Waals surface area contributed by atoms with Crippen molar-refractivity contribution >= 4 is 11.6 Å². The Hall–Kier alpha value is -0.640. The number of hydrogen-bond donors (Lipinski definition) is 2. The summed E-state index contributed by atoms with van der Waals surface area (Å²) < 4.78 is 13.2. The molecule has 0 spiro atoms. The molecule has 72 valence electrons. The van der Waals surface area contributed by atoms with Crippen molar-refractivity contribution in [2.75, 3.05) is 6.54 Å². The summed E-state index contributed by atoms with van der Waals surface area (Å²) in [5.74, 6) is -0.328. The number of hydrogen-bond acceptors (Lipinski definition) is 2. The van der Waals surface area contributed by atoms with E-state index in [1.807, 2.05) is 0 Å². The van der Waals surface area contributed by atoms with Gasteiger partial charge in [0.15, 0.2) is 0 Å². The molecule has 0 heterocycles. The van der Waals surface area contributed by atoms with Gasteiger partial charge in [-0.25, -0.2) is 4.39 Å². The monoisotopic (exact) mass is 202 g/mol. The highest BCUT2D eigenvalue weighted by Gasteiger charge is 2.10. The minimum Gasteiger partial charge on any atom is -0.330 e. The van der Waals surface area contributed by atoms with Crippen molar-refractivity contribution in [3.63, 3.8) is 0 Å². The van der Waals surface area contributed by atoms with Crippen molar-refractivity contribution in [2.45, 2.75) is 12.5 Å². The molecule has 1 atom stereocenters. The standard InChI is InChI=1S/C9H12ClFN2/c10-6-1-2-8(11)7(5-6)9(13)3-4-12/h1-2,5,9H,3-4,12-13H2. The summed E-state index contributed by atoms with van der Waals surface area (Å²) in [5, 5.41) is 0.490. The first kappa shape index (κ1) is 10.4. The Morgan fingerprint density at radius 2 is 2.15 bits per heavy atom. The molecular formula is C9H12ClFN2. The van der Waals surface area contributed by atoms with Gasteiger partial charge in [0.05, 0.1) is 0 Å². The van der Waals surface area contributed by atoms with Crippen LogP contribution in [0, 0.1) is 5.82 Å². The Labute approximate surface area is 81.7 Å². The molecule has 0 aliphatic heterocycles. The molecule has 1 unspecified atom stereocenters. The van der Waals surface area contributed by atoms with E-state index in [9.17, 15) is 4.39 Å². The van der Waals surface area contributed by atoms with Crippen molar-refractivity contribution in [1.82, 2.24) is 0 Å². The Morgan fingerprint density at radius 1 is 1.46 bits per heavy atom. The fourth-order valence-electron chi connectivity index (χ4n) is 1.13. The van der Waals surface area contributed by atoms with Crippen molar-refractivity contribution in [3.8, 4) is 0 Å². The van der Waals surface area contributed by atoms with Gasteiger partial charge < -0.3 is 11.5 Å². The van der Waals surface area contributed by atoms with Gasteiger partial charge in [0.25, 0.3) is 0 Å². The Bertz CT molecular complexity index is 291. The van der Waals surface area contributed by atoms with Crippen LogP contribution in [0.1, 0.15) is 18.0 Å². The van der Waals surface area contributed by atoms with E-state index < -0.39 is 0 Å². The summed E-state index contributed by atoms with van der Waals surface area (Å²) in [6.45, 7) is 0.438. The van der Waals surface area contributed by atoms with Gasteiger partial charge in [-0.3, -0.25) is 0 Å². The van der Waals surface area contributed by atoms with Crippen LogP contribution >= 0.6 is 11.6 Å². The topological polar surface area (TPSA) is 52.0 Å². The van der Waals surface area contributed by atoms with Crippen LogP contribution in [0.3, 0.4) is 0 Å². The van der Waals surface area contributed by atoms with Crippen molar-refractivity contribution in [1.29, 1.82) is 0 Å². The summed E-state index contributed by atoms with van der Waals surface area (Å²) in [5.41, 5.74) is 11.4. The number of nitrogens with two attached hydrogens (primary N) is 2. The van der Waals surface area contributed by atoms with Crippen LogP contribution in [0.2, 0.25) is 5.02 Å². The predicted octanol–water partition coefficient (Wildman–Crippen LogP) is 1.83. The first-order valence-electron chi connectivity index (χ1n) is 4.05. The molecule has 0 bridgehead atoms. The van der Waals surface area contributed by atoms with Crippen LogP contribution in [0.15, 0.2) is 18.2 Å². The zero-order valence-electron chi connectivity index (χ0n) is 7.13. The molecule has 1 aromatic rings. The van der Waals surface area contributed by atoms with Gasteiger partial charge in [0.2, 0.25) is 0 Å². The molecule has 0 saturated carbocycles. The summed E-state index contributed by atoms with van der Waals surface area (Å²) in [6.07, 6.45) is 0.553. The molecule has 0 aliphatic rings. The number of halogens is 2. The second-order valence-electron chi connectivity index (χ2n) is 2.85. The summed E-state index contributed by atoms with van der Waals surface area (Å²) in [6, 6.07) is 3.98. The first-order chi connectivity index (χ1) is 6.15. The molecule has 0 aromatic heterocycles. The van der Waals surface area contributed by atoms with E-state index >= 15 is 0 Å². The molecule has 0 saturated heterocycles. The molecule has 13 heavy (non-hydrogen) atoms. The van der Waals surface area contributed by atoms with Gasteiger partial charge in [-0.15, -0.1) is 0 Å². The summed E-state index contributed by atoms with van der Waals surface area (Å²) >= 11 is 5.71. The highest BCUT2D eigenvalue weighted by molar-refractivity contribution is 6.30. The average molecular weight is 203 g/mol. The largest absolute Gasteiger partial charge is 0.330 e. The van der Waals surface area contributed by atoms with Crippen LogP contribution in [0.25, 0.3) is 0 Å². The summed E-state index contributed by atoms with van der Waals surface area (Å²) in [4.78, 5) is 0. The van der Waals surface area contributed by atoms with E-state index in [4.69, 9.17) is 23.1 Å². The second-order valence-corrected chi connectivity index (χ2v) is 3.29. The van der Waals surface area contributed by atoms with E-state index in [-0.39, 0.29) is 11.9 Å². The van der Waals surface area contributed by atoms with E-state index in [1.165, 1.54) is 18.2 Å². The average Bonchev–Trinajstić information content (AvgIpc) is 2.09. The van der Waals surface area contributed by atoms with E-state index in [2.05, 4.69) is 0 Å². The Morgan fingerprint density at radius 3 is 2.77 bits per heavy atom. The third-order valence-electron chi connectivity index (χ3n) is 1.84. The quantitative estimate of drug-likeness (QED) is 0.786. The van der Waals surface area contributed by atoms with Crippen molar-refractivity contribution in [2.24, 2.45) is 11.5 Å². The van der Waals surface area contributed by atoms with Crippen LogP contribution in [0.4, 0.5) is 4.39 Å². The normalized spacial score (nSPS) is 12.9. The number of rotatable bonds is 3. The molecule has 1 aromatic carbocycles. The molecule has 0 fully saturated rings. The third-order valence-corrected chi connectivity index (χ3v) is 2.07. The minimum absolute atomic E-state index is 0.328. The van der Waals surface area contributed by atoms with Gasteiger partial charge in [0, 0.05) is 16.6 Å². The van der Waals surface area contributed by atoms with Crippen molar-refractivity contribution < 1.29 is 4.39 Å². The smallest absolute Gasteiger partial charge is 0.128 e. The van der Waals surface area contributed by atoms with Gasteiger partial charge in [0.1, 0.15) is 5.82 Å². The molecule has 4 heteroatoms. The third kappa shape index (κ3) is 2.66. The molecular weight excluding hydrogens is 191 g/mol. The van der Waals surface area contributed by atoms with Crippen LogP contribution in [-0.2, 0) is 0 Å². The predicted molar refractivity (Wildman–Crippen MR) is 52.0 cm³/mol. The van der Waals surface area contributed by atoms with E-state index in [1.54, 1.807) is 0 Å². The zero-order chi connectivity index (χ0) is 9.84. The fraction of sp³-hybridized carbons (Fsp3) is 0.333. The molecule has 0 radical (unpaired) electrons. The Balaban J connectivity index is 2.91. The van der Waals surface area contributed by atoms with E-state index in [0.717, 1.165) is 0 Å². The van der Waals surface area contributed by atoms with Gasteiger partial charge >= 0.3 is 0 Å². The second kappa shape index (κ2) is 4.56. The zero-order valence-corrected chi connectivity index (χ0v) is 7.89. The molecule has 2 nitrogen and oxygen atoms in total. The van der Waals surface area contributed by atoms with Crippen molar-refractivity contribution in [3.05, 3.63) is 34.6 Å². The SMILES string of the molecule is NCCC(N)c1cc(Cl)ccc1F. The lowest BCUT2D eigenvalue weighted by atomic mass is 10.0. The molecule has 4 N–H and O–H groups in total. The molecule has 0 amide bonds. The maximum Gasteiger partial charge on any atom is 0.128 e. The van der Waals surface area contributed by atoms with Crippen LogP contribution < -0.4 is 11.5 Å². The lowest BCUT2D eigenvalue weighted by molar-refractivity contribution is 0.567. The summed E-state index contributed by atoms with van der Waals surface area (Å²) in [7, 11) is 0. The Kier molecular flexibility index (Phi) is 3.66. The van der Waals surface area contributed by atoms with Gasteiger partial charge in [-0.05, 0) is 31.2 Å². The minimum atomic E-state index is -0.372. The lowest BCUT2D eigenvalue weighted by Gasteiger charge is -2.11. The van der Waals surface area contributed by atoms with E-state index in [0.29, 0.717) is 23.6 Å². The maximum absolute atomic E-state index is 13.2. The molecule has 0 aliphatic carbocycles.